The summed E-state index contributed by atoms with van der Waals surface area (Å²) in [7, 11) is 0. The maximum absolute atomic E-state index is 5.50. The average Bonchev–Trinajstić information content (AvgIpc) is 1.69. The molecular weight excluding hydrogens is 189 g/mol. The first-order valence-corrected chi connectivity index (χ1v) is 5.75. The SMILES string of the molecule is N[C]1=[In][CH]=CC=C1. The van der Waals surface area contributed by atoms with Gasteiger partial charge in [-0.2, -0.15) is 0 Å². The van der Waals surface area contributed by atoms with Crippen LogP contribution in [0.3, 0.4) is 0 Å². The average molecular weight is 195 g/mol. The fraction of sp³-hybridized carbons (Fsp3) is 0. The van der Waals surface area contributed by atoms with Crippen molar-refractivity contribution in [2.45, 2.75) is 0 Å². The van der Waals surface area contributed by atoms with Crippen molar-refractivity contribution in [1.82, 2.24) is 0 Å². The first kappa shape index (κ1) is 5.16. The molecule has 7 heavy (non-hydrogen) atoms. The van der Waals surface area contributed by atoms with E-state index < -0.39 is 22.4 Å². The van der Waals surface area contributed by atoms with Gasteiger partial charge in [-0.1, -0.05) is 0 Å². The number of rotatable bonds is 0. The first-order valence-electron chi connectivity index (χ1n) is 2.20. The van der Waals surface area contributed by atoms with E-state index in [4.69, 9.17) is 5.73 Å². The van der Waals surface area contributed by atoms with Crippen LogP contribution in [-0.4, -0.2) is 25.8 Å². The first-order chi connectivity index (χ1) is 3.39. The second kappa shape index (κ2) is 2.36. The Morgan fingerprint density at radius 3 is 2.57 bits per heavy atom. The molecule has 0 aromatic heterocycles. The summed E-state index contributed by atoms with van der Waals surface area (Å²) in [6, 6.07) is 0. The molecule has 0 spiro atoms. The van der Waals surface area contributed by atoms with E-state index in [-0.39, 0.29) is 0 Å². The minimum atomic E-state index is -0.528. The van der Waals surface area contributed by atoms with Crippen LogP contribution in [0.25, 0.3) is 0 Å². The molecule has 0 aromatic rings. The Kier molecular flexibility index (Phi) is 1.74. The van der Waals surface area contributed by atoms with Gasteiger partial charge in [-0.25, -0.2) is 0 Å². The summed E-state index contributed by atoms with van der Waals surface area (Å²) in [5.74, 6) is 0. The Morgan fingerprint density at radius 1 is 1.43 bits per heavy atom. The van der Waals surface area contributed by atoms with Gasteiger partial charge in [0.15, 0.2) is 0 Å². The molecule has 0 unspecified atom stereocenters. The van der Waals surface area contributed by atoms with E-state index in [2.05, 4.69) is 9.91 Å². The van der Waals surface area contributed by atoms with Gasteiger partial charge in [0.25, 0.3) is 0 Å². The monoisotopic (exact) mass is 195 g/mol. The van der Waals surface area contributed by atoms with E-state index in [0.717, 1.165) is 3.38 Å². The predicted octanol–water partition coefficient (Wildman–Crippen LogP) is -0.137. The fourth-order valence-corrected chi connectivity index (χ4v) is 2.40. The molecule has 1 aliphatic heterocycles. The molecule has 1 aliphatic rings. The topological polar surface area (TPSA) is 26.0 Å². The van der Waals surface area contributed by atoms with Crippen LogP contribution < -0.4 is 5.73 Å². The van der Waals surface area contributed by atoms with E-state index in [1.807, 2.05) is 12.2 Å². The fourth-order valence-electron chi connectivity index (χ4n) is 0.453. The molecule has 2 N–H and O–H groups in total. The summed E-state index contributed by atoms with van der Waals surface area (Å²) >= 11 is -0.528. The van der Waals surface area contributed by atoms with Crippen LogP contribution >= 0.6 is 0 Å². The zero-order valence-electron chi connectivity index (χ0n) is 3.96. The van der Waals surface area contributed by atoms with Gasteiger partial charge in [-0.15, -0.1) is 0 Å². The molecule has 1 nitrogen and oxygen atoms in total. The zero-order chi connectivity index (χ0) is 5.11. The van der Waals surface area contributed by atoms with Crippen LogP contribution in [0.15, 0.2) is 22.1 Å². The van der Waals surface area contributed by atoms with Crippen molar-refractivity contribution in [2.75, 3.05) is 0 Å². The van der Waals surface area contributed by atoms with Gasteiger partial charge in [-0.3, -0.25) is 0 Å². The Balaban J connectivity index is 2.82. The molecule has 1 heterocycles. The van der Waals surface area contributed by atoms with Crippen molar-refractivity contribution in [3.63, 3.8) is 0 Å². The molecule has 0 atom stereocenters. The zero-order valence-corrected chi connectivity index (χ0v) is 7.26. The van der Waals surface area contributed by atoms with Crippen molar-refractivity contribution in [1.29, 1.82) is 0 Å². The molecule has 0 bridgehead atoms. The Hall–Kier alpha value is 0.0201. The molecule has 34 valence electrons. The van der Waals surface area contributed by atoms with E-state index in [0.29, 0.717) is 0 Å². The van der Waals surface area contributed by atoms with E-state index in [9.17, 15) is 0 Å². The van der Waals surface area contributed by atoms with Crippen LogP contribution in [0.5, 0.6) is 0 Å². The third-order valence-electron chi connectivity index (χ3n) is 0.800. The van der Waals surface area contributed by atoms with Crippen molar-refractivity contribution in [3.05, 3.63) is 22.1 Å². The minimum absolute atomic E-state index is 0.528. The van der Waals surface area contributed by atoms with Crippen LogP contribution in [0, 0.1) is 0 Å². The number of allylic oxidation sites excluding steroid dienone is 2. The molecule has 1 rings (SSSR count). The molecule has 0 saturated heterocycles. The Morgan fingerprint density at radius 2 is 2.29 bits per heavy atom. The van der Waals surface area contributed by atoms with E-state index in [1.165, 1.54) is 0 Å². The standard InChI is InChI=1S/C5H6N.In/c1-2-3-4-5-6;/h1-4H,6H2;. The van der Waals surface area contributed by atoms with Gasteiger partial charge in [0.2, 0.25) is 0 Å². The number of hydrogen-bond acceptors (Lipinski definition) is 1. The molecule has 0 aromatic carbocycles. The van der Waals surface area contributed by atoms with Crippen LogP contribution in [0.2, 0.25) is 0 Å². The summed E-state index contributed by atoms with van der Waals surface area (Å²) in [5, 5.41) is 0. The van der Waals surface area contributed by atoms with Crippen LogP contribution in [-0.2, 0) is 0 Å². The normalized spacial score (nSPS) is 15.7. The van der Waals surface area contributed by atoms with Gasteiger partial charge >= 0.3 is 53.6 Å². The van der Waals surface area contributed by atoms with Gasteiger partial charge < -0.3 is 0 Å². The third kappa shape index (κ3) is 1.51. The second-order valence-corrected chi connectivity index (χ2v) is 5.36. The Bertz CT molecular complexity index is 144. The maximum atomic E-state index is 5.50. The van der Waals surface area contributed by atoms with Crippen molar-refractivity contribution >= 4 is 25.8 Å². The van der Waals surface area contributed by atoms with Gasteiger partial charge in [0, 0.05) is 0 Å². The third-order valence-corrected chi connectivity index (χ3v) is 3.63. The molecule has 0 radical (unpaired) electrons. The van der Waals surface area contributed by atoms with E-state index in [1.54, 1.807) is 0 Å². The summed E-state index contributed by atoms with van der Waals surface area (Å²) in [6.45, 7) is 0. The molecule has 0 amide bonds. The van der Waals surface area contributed by atoms with Crippen molar-refractivity contribution < 1.29 is 0 Å². The van der Waals surface area contributed by atoms with Crippen molar-refractivity contribution in [3.8, 4) is 0 Å². The summed E-state index contributed by atoms with van der Waals surface area (Å²) in [6.07, 6.45) is 6.07. The van der Waals surface area contributed by atoms with Crippen LogP contribution in [0.4, 0.5) is 0 Å². The van der Waals surface area contributed by atoms with Gasteiger partial charge in [0.1, 0.15) is 0 Å². The summed E-state index contributed by atoms with van der Waals surface area (Å²) in [5.41, 5.74) is 5.50. The molecule has 2 heteroatoms. The van der Waals surface area contributed by atoms with Gasteiger partial charge in [0.05, 0.1) is 0 Å². The second-order valence-electron chi connectivity index (χ2n) is 1.41. The van der Waals surface area contributed by atoms with Gasteiger partial charge in [-0.05, 0) is 0 Å². The molecule has 0 aliphatic carbocycles. The molecule has 0 saturated carbocycles. The quantitative estimate of drug-likeness (QED) is 0.572. The van der Waals surface area contributed by atoms with Crippen molar-refractivity contribution in [2.24, 2.45) is 5.73 Å². The number of hydrogen-bond donors (Lipinski definition) is 1. The summed E-state index contributed by atoms with van der Waals surface area (Å²) in [4.78, 5) is 0. The predicted molar refractivity (Wildman–Crippen MR) is 33.2 cm³/mol. The number of nitrogens with two attached hydrogens (primary N) is 1. The van der Waals surface area contributed by atoms with Crippen LogP contribution in [0.1, 0.15) is 0 Å². The summed E-state index contributed by atoms with van der Waals surface area (Å²) < 4.78 is 3.36. The molecule has 0 fully saturated rings. The Labute approximate surface area is 53.7 Å². The molecular formula is C5H6InN. The van der Waals surface area contributed by atoms with E-state index >= 15 is 0 Å².